The second-order valence-electron chi connectivity index (χ2n) is 15.3. The fraction of sp³-hybridized carbons (Fsp3) is 0.667. The number of nitrogens with one attached hydrogen (secondary N) is 3. The Morgan fingerprint density at radius 3 is 2.44 bits per heavy atom. The van der Waals surface area contributed by atoms with Crippen LogP contribution in [0.15, 0.2) is 30.9 Å². The van der Waals surface area contributed by atoms with Crippen molar-refractivity contribution in [1.82, 2.24) is 25.2 Å². The van der Waals surface area contributed by atoms with Crippen LogP contribution < -0.4 is 15.4 Å². The number of ether oxygens (including phenoxy) is 1. The largest absolute Gasteiger partial charge is 0.444 e. The van der Waals surface area contributed by atoms with Crippen LogP contribution in [0.3, 0.4) is 0 Å². The lowest BCUT2D eigenvalue weighted by Crippen LogP contribution is -2.60. The molecule has 0 aromatic heterocycles. The third-order valence-corrected chi connectivity index (χ3v) is 12.9. The molecule has 1 aromatic rings. The van der Waals surface area contributed by atoms with E-state index in [1.165, 1.54) is 6.08 Å². The van der Waals surface area contributed by atoms with Crippen LogP contribution in [-0.2, 0) is 48.7 Å². The van der Waals surface area contributed by atoms with Gasteiger partial charge >= 0.3 is 12.3 Å². The fourth-order valence-corrected chi connectivity index (χ4v) is 9.13. The highest BCUT2D eigenvalue weighted by molar-refractivity contribution is 7.91. The molecule has 5 aliphatic rings. The minimum atomic E-state index is -4.64. The molecule has 6 atom stereocenters. The second kappa shape index (κ2) is 14.6. The third kappa shape index (κ3) is 7.97. The third-order valence-electron chi connectivity index (χ3n) is 11.1. The van der Waals surface area contributed by atoms with Gasteiger partial charge in [-0.05, 0) is 61.1 Å². The lowest BCUT2D eigenvalue weighted by Gasteiger charge is -2.34. The molecule has 1 saturated heterocycles. The molecule has 3 fully saturated rings. The van der Waals surface area contributed by atoms with Gasteiger partial charge in [-0.2, -0.15) is 13.2 Å². The number of halogens is 3. The van der Waals surface area contributed by atoms with Gasteiger partial charge in [-0.25, -0.2) is 13.2 Å². The summed E-state index contributed by atoms with van der Waals surface area (Å²) in [4.78, 5) is 58.0. The van der Waals surface area contributed by atoms with E-state index in [1.54, 1.807) is 18.7 Å². The van der Waals surface area contributed by atoms with Gasteiger partial charge in [0, 0.05) is 25.4 Å². The number of carbonyl (C=O) groups excluding carboxylic acids is 4. The summed E-state index contributed by atoms with van der Waals surface area (Å²) in [7, 11) is -3.95. The molecular weight excluding hydrogens is 703 g/mol. The van der Waals surface area contributed by atoms with Gasteiger partial charge < -0.3 is 15.0 Å². The molecule has 2 saturated carbocycles. The van der Waals surface area contributed by atoms with E-state index in [2.05, 4.69) is 21.9 Å². The average molecular weight is 752 g/mol. The molecule has 6 rings (SSSR count). The van der Waals surface area contributed by atoms with Crippen molar-refractivity contribution < 1.29 is 45.5 Å². The van der Waals surface area contributed by atoms with E-state index in [0.29, 0.717) is 38.8 Å². The first-order chi connectivity index (χ1) is 24.5. The molecule has 12 nitrogen and oxygen atoms in total. The molecular formula is C36H48F3N5O7S. The molecule has 0 radical (unpaired) electrons. The Labute approximate surface area is 302 Å². The molecule has 3 N–H and O–H groups in total. The van der Waals surface area contributed by atoms with E-state index in [0.717, 1.165) is 40.9 Å². The molecule has 4 bridgehead atoms. The van der Waals surface area contributed by atoms with Gasteiger partial charge in [0.05, 0.1) is 17.8 Å². The highest BCUT2D eigenvalue weighted by Gasteiger charge is 2.62. The lowest BCUT2D eigenvalue weighted by molar-refractivity contribution is -0.163. The number of carbonyl (C=O) groups is 4. The minimum Gasteiger partial charge on any atom is -0.444 e. The van der Waals surface area contributed by atoms with Gasteiger partial charge in [0.2, 0.25) is 21.8 Å². The number of hydrogen-bond donors (Lipinski definition) is 3. The van der Waals surface area contributed by atoms with Crippen LogP contribution in [0.5, 0.6) is 0 Å². The summed E-state index contributed by atoms with van der Waals surface area (Å²) in [6, 6.07) is 1.22. The van der Waals surface area contributed by atoms with Crippen molar-refractivity contribution in [3.05, 3.63) is 47.5 Å². The predicted octanol–water partition coefficient (Wildman–Crippen LogP) is 3.83. The van der Waals surface area contributed by atoms with Gasteiger partial charge in [0.15, 0.2) is 0 Å². The fourth-order valence-electron chi connectivity index (χ4n) is 7.77. The van der Waals surface area contributed by atoms with Crippen molar-refractivity contribution in [1.29, 1.82) is 0 Å². The van der Waals surface area contributed by atoms with E-state index in [1.807, 2.05) is 18.2 Å². The van der Waals surface area contributed by atoms with Crippen LogP contribution in [0.4, 0.5) is 18.0 Å². The molecule has 4 amide bonds. The number of nitrogens with zero attached hydrogens (tertiary/aromatic N) is 2. The van der Waals surface area contributed by atoms with Crippen LogP contribution in [-0.4, -0.2) is 89.8 Å². The maximum atomic E-state index is 14.4. The monoisotopic (exact) mass is 751 g/mol. The first kappa shape index (κ1) is 38.1. The number of aryl methyl sites for hydroxylation is 1. The summed E-state index contributed by atoms with van der Waals surface area (Å²) in [6.45, 7) is 7.30. The van der Waals surface area contributed by atoms with Gasteiger partial charge in [-0.15, -0.1) is 6.58 Å². The molecule has 1 aromatic carbocycles. The standard InChI is InChI=1S/C36H48F3N5O7S/c1-4-24-17-35(24,33(47)42-52(49,50)26-14-15-26)41-31(45)28-16-25-19-44(28)32(46)30(21(2)3)40-29(36(37,38)39)13-8-6-5-7-10-22-11-9-12-23-18-43(20-27(22)23)34(48)51-25/h4,9,11-12,21,24-26,28-30,40H,1,5-8,10,13-20H2,2-3H3,(H,41,45)(H,42,47)/t24-,25-,28+,29+,30+,35-/m1/s1. The number of fused-ring (bicyclic) bond motifs is 3. The number of hydrogen-bond acceptors (Lipinski definition) is 8. The number of alkyl halides is 3. The molecule has 0 unspecified atom stereocenters. The van der Waals surface area contributed by atoms with Crippen LogP contribution >= 0.6 is 0 Å². The summed E-state index contributed by atoms with van der Waals surface area (Å²) in [6.07, 6.45) is -1.28. The first-order valence-corrected chi connectivity index (χ1v) is 19.8. The van der Waals surface area contributed by atoms with Gasteiger partial charge in [-0.1, -0.05) is 57.4 Å². The maximum absolute atomic E-state index is 14.4. The summed E-state index contributed by atoms with van der Waals surface area (Å²) >= 11 is 0. The van der Waals surface area contributed by atoms with Crippen LogP contribution in [0.1, 0.15) is 88.3 Å². The Kier molecular flexibility index (Phi) is 10.7. The normalized spacial score (nSPS) is 30.2. The number of rotatable bonds is 7. The average Bonchev–Trinajstić information content (AvgIpc) is 3.96. The smallest absolute Gasteiger partial charge is 0.410 e. The highest BCUT2D eigenvalue weighted by atomic mass is 32.2. The van der Waals surface area contributed by atoms with Gasteiger partial charge in [0.25, 0.3) is 5.91 Å². The number of amides is 4. The zero-order valence-corrected chi connectivity index (χ0v) is 30.4. The van der Waals surface area contributed by atoms with Crippen LogP contribution in [0.25, 0.3) is 0 Å². The number of benzene rings is 1. The quantitative estimate of drug-likeness (QED) is 0.356. The van der Waals surface area contributed by atoms with Crippen LogP contribution in [0.2, 0.25) is 0 Å². The Balaban J connectivity index is 1.28. The second-order valence-corrected chi connectivity index (χ2v) is 17.2. The van der Waals surface area contributed by atoms with Crippen molar-refractivity contribution in [3.8, 4) is 0 Å². The summed E-state index contributed by atoms with van der Waals surface area (Å²) in [5.41, 5.74) is 1.44. The van der Waals surface area contributed by atoms with Crippen molar-refractivity contribution in [2.45, 2.75) is 132 Å². The Morgan fingerprint density at radius 1 is 1.08 bits per heavy atom. The number of sulfonamides is 1. The molecule has 2 aliphatic carbocycles. The topological polar surface area (TPSA) is 154 Å². The van der Waals surface area contributed by atoms with Gasteiger partial charge in [-0.3, -0.25) is 29.3 Å². The van der Waals surface area contributed by atoms with Crippen LogP contribution in [0, 0.1) is 11.8 Å². The molecule has 16 heteroatoms. The van der Waals surface area contributed by atoms with Crippen molar-refractivity contribution >= 4 is 33.8 Å². The zero-order valence-electron chi connectivity index (χ0n) is 29.5. The summed E-state index contributed by atoms with van der Waals surface area (Å²) < 4.78 is 76.4. The van der Waals surface area contributed by atoms with Crippen molar-refractivity contribution in [2.75, 3.05) is 6.54 Å². The van der Waals surface area contributed by atoms with E-state index >= 15 is 0 Å². The Hall–Kier alpha value is -3.66. The minimum absolute atomic E-state index is 0.0638. The zero-order chi connectivity index (χ0) is 37.6. The molecule has 52 heavy (non-hydrogen) atoms. The Morgan fingerprint density at radius 2 is 1.79 bits per heavy atom. The maximum Gasteiger partial charge on any atom is 0.410 e. The summed E-state index contributed by atoms with van der Waals surface area (Å²) in [5, 5.41) is 4.54. The molecule has 3 aliphatic heterocycles. The van der Waals surface area contributed by atoms with E-state index < -0.39 is 86.9 Å². The van der Waals surface area contributed by atoms with Gasteiger partial charge in [0.1, 0.15) is 23.7 Å². The summed E-state index contributed by atoms with van der Waals surface area (Å²) in [5.74, 6) is -3.73. The van der Waals surface area contributed by atoms with E-state index in [4.69, 9.17) is 4.74 Å². The molecule has 286 valence electrons. The Bertz CT molecular complexity index is 1700. The van der Waals surface area contributed by atoms with E-state index in [9.17, 15) is 40.8 Å². The molecule has 0 spiro atoms. The SMILES string of the molecule is C=C[C@@H]1C[C@]1(NC(=O)[C@@H]1C[C@@H]2CN1C(=O)[C@H](C(C)C)N[C@H](C(F)(F)F)CCCCCCc1cccc3c1CN(C3)C(=O)O2)C(=O)NS(=O)(=O)C1CC1. The van der Waals surface area contributed by atoms with Crippen molar-refractivity contribution in [3.63, 3.8) is 0 Å². The predicted molar refractivity (Wildman–Crippen MR) is 184 cm³/mol. The molecule has 3 heterocycles. The van der Waals surface area contributed by atoms with E-state index in [-0.39, 0.29) is 25.8 Å². The lowest BCUT2D eigenvalue weighted by atomic mass is 9.97. The highest BCUT2D eigenvalue weighted by Crippen LogP contribution is 2.45. The first-order valence-electron chi connectivity index (χ1n) is 18.2. The van der Waals surface area contributed by atoms with Crippen molar-refractivity contribution in [2.24, 2.45) is 11.8 Å².